The van der Waals surface area contributed by atoms with Crippen LogP contribution in [0.25, 0.3) is 0 Å². The molecule has 2 aromatic rings. The van der Waals surface area contributed by atoms with Crippen molar-refractivity contribution in [1.29, 1.82) is 0 Å². The number of nitrogens with zero attached hydrogens (tertiary/aromatic N) is 2. The molecule has 4 rings (SSSR count). The summed E-state index contributed by atoms with van der Waals surface area (Å²) in [7, 11) is 0. The van der Waals surface area contributed by atoms with Crippen molar-refractivity contribution in [3.63, 3.8) is 0 Å². The molecule has 1 unspecified atom stereocenters. The summed E-state index contributed by atoms with van der Waals surface area (Å²) in [6, 6.07) is 11.9. The zero-order chi connectivity index (χ0) is 20.9. The number of hydrogen-bond acceptors (Lipinski definition) is 5. The summed E-state index contributed by atoms with van der Waals surface area (Å²) in [6.45, 7) is 0.781. The molecule has 0 spiro atoms. The molecule has 3 heterocycles. The van der Waals surface area contributed by atoms with Crippen molar-refractivity contribution in [2.45, 2.75) is 50.3 Å². The molecule has 0 radical (unpaired) electrons. The van der Waals surface area contributed by atoms with Crippen LogP contribution in [-0.4, -0.2) is 52.0 Å². The Morgan fingerprint density at radius 3 is 2.80 bits per heavy atom. The van der Waals surface area contributed by atoms with E-state index in [1.165, 1.54) is 5.56 Å². The van der Waals surface area contributed by atoms with Gasteiger partial charge in [-0.3, -0.25) is 14.6 Å². The van der Waals surface area contributed by atoms with Crippen LogP contribution in [0.3, 0.4) is 0 Å². The van der Waals surface area contributed by atoms with Crippen molar-refractivity contribution in [1.82, 2.24) is 15.2 Å². The summed E-state index contributed by atoms with van der Waals surface area (Å²) in [4.78, 5) is 29.5. The highest BCUT2D eigenvalue weighted by Crippen LogP contribution is 2.26. The summed E-state index contributed by atoms with van der Waals surface area (Å²) >= 11 is 0. The first-order valence-corrected chi connectivity index (χ1v) is 10.6. The molecule has 7 nitrogen and oxygen atoms in total. The minimum absolute atomic E-state index is 0.0334. The summed E-state index contributed by atoms with van der Waals surface area (Å²) in [5, 5.41) is 17.0. The lowest BCUT2D eigenvalue weighted by Crippen LogP contribution is -2.35. The molecule has 7 heteroatoms. The molecule has 2 aliphatic rings. The molecule has 2 saturated heterocycles. The van der Waals surface area contributed by atoms with Crippen molar-refractivity contribution in [2.75, 3.05) is 18.4 Å². The Kier molecular flexibility index (Phi) is 6.40. The van der Waals surface area contributed by atoms with Gasteiger partial charge in [-0.25, -0.2) is 0 Å². The fraction of sp³-hybridized carbons (Fsp3) is 0.435. The Morgan fingerprint density at radius 1 is 1.27 bits per heavy atom. The molecule has 30 heavy (non-hydrogen) atoms. The molecule has 0 saturated carbocycles. The van der Waals surface area contributed by atoms with Gasteiger partial charge < -0.3 is 20.6 Å². The van der Waals surface area contributed by atoms with Crippen molar-refractivity contribution in [3.05, 3.63) is 59.9 Å². The molecule has 0 aliphatic carbocycles. The number of likely N-dealkylation sites (tertiary alicyclic amines) is 1. The third-order valence-corrected chi connectivity index (χ3v) is 5.91. The highest BCUT2D eigenvalue weighted by molar-refractivity contribution is 5.94. The molecule has 1 aromatic heterocycles. The lowest BCUT2D eigenvalue weighted by Gasteiger charge is -2.20. The summed E-state index contributed by atoms with van der Waals surface area (Å²) < 4.78 is 0. The average Bonchev–Trinajstić information content (AvgIpc) is 3.39. The van der Waals surface area contributed by atoms with Crippen LogP contribution in [0, 0.1) is 0 Å². The van der Waals surface area contributed by atoms with Gasteiger partial charge in [0.15, 0.2) is 0 Å². The second-order valence-electron chi connectivity index (χ2n) is 8.15. The minimum atomic E-state index is -0.552. The first-order valence-electron chi connectivity index (χ1n) is 10.6. The van der Waals surface area contributed by atoms with E-state index in [0.29, 0.717) is 19.0 Å². The van der Waals surface area contributed by atoms with Gasteiger partial charge >= 0.3 is 0 Å². The smallest absolute Gasteiger partial charge is 0.243 e. The number of aliphatic hydroxyl groups excluding tert-OH is 1. The van der Waals surface area contributed by atoms with Crippen molar-refractivity contribution in [3.8, 4) is 0 Å². The molecule has 158 valence electrons. The lowest BCUT2D eigenvalue weighted by molar-refractivity contribution is -0.131. The van der Waals surface area contributed by atoms with Gasteiger partial charge in [-0.2, -0.15) is 0 Å². The van der Waals surface area contributed by atoms with E-state index < -0.39 is 6.10 Å². The number of carbonyl (C=O) groups is 2. The third-order valence-electron chi connectivity index (χ3n) is 5.91. The van der Waals surface area contributed by atoms with E-state index in [9.17, 15) is 14.7 Å². The molecule has 0 bridgehead atoms. The van der Waals surface area contributed by atoms with Gasteiger partial charge in [0.1, 0.15) is 0 Å². The number of nitrogens with one attached hydrogen (secondary N) is 2. The summed E-state index contributed by atoms with van der Waals surface area (Å²) in [5.41, 5.74) is 2.75. The largest absolute Gasteiger partial charge is 0.387 e. The molecule has 2 amide bonds. The molecule has 3 N–H and O–H groups in total. The number of anilines is 1. The second kappa shape index (κ2) is 9.36. The van der Waals surface area contributed by atoms with Crippen molar-refractivity contribution in [2.24, 2.45) is 0 Å². The zero-order valence-electron chi connectivity index (χ0n) is 17.0. The van der Waals surface area contributed by atoms with Crippen LogP contribution < -0.4 is 10.6 Å². The number of carbonyl (C=O) groups excluding carboxylic acids is 2. The van der Waals surface area contributed by atoms with Gasteiger partial charge in [-0.1, -0.05) is 18.2 Å². The number of aromatic nitrogens is 1. The Morgan fingerprint density at radius 2 is 2.10 bits per heavy atom. The van der Waals surface area contributed by atoms with Gasteiger partial charge in [-0.05, 0) is 49.4 Å². The van der Waals surface area contributed by atoms with Crippen LogP contribution in [0.2, 0.25) is 0 Å². The molecular weight excluding hydrogens is 380 g/mol. The Hall–Kier alpha value is -2.77. The van der Waals surface area contributed by atoms with Crippen molar-refractivity contribution >= 4 is 17.5 Å². The highest BCUT2D eigenvalue weighted by Gasteiger charge is 2.30. The molecular formula is C23H28N4O3. The normalized spacial score (nSPS) is 22.3. The summed E-state index contributed by atoms with van der Waals surface area (Å²) in [6.07, 6.45) is 7.03. The Bertz CT molecular complexity index is 872. The minimum Gasteiger partial charge on any atom is -0.387 e. The number of benzene rings is 1. The SMILES string of the molecule is O=C(CN1CCCC1=O)Nc1ccc(C[C@@H]2CC[C@H](C(O)c3cccnc3)N2)cc1. The predicted octanol–water partition coefficient (Wildman–Crippen LogP) is 2.04. The second-order valence-corrected chi connectivity index (χ2v) is 8.15. The fourth-order valence-electron chi connectivity index (χ4n) is 4.30. The third kappa shape index (κ3) is 5.04. The maximum atomic E-state index is 12.2. The summed E-state index contributed by atoms with van der Waals surface area (Å²) in [5.74, 6) is -0.112. The van der Waals surface area contributed by atoms with E-state index in [1.54, 1.807) is 17.3 Å². The van der Waals surface area contributed by atoms with Gasteiger partial charge in [0.05, 0.1) is 12.6 Å². The van der Waals surface area contributed by atoms with Gasteiger partial charge in [0.25, 0.3) is 0 Å². The zero-order valence-corrected chi connectivity index (χ0v) is 17.0. The quantitative estimate of drug-likeness (QED) is 0.652. The van der Waals surface area contributed by atoms with Crippen LogP contribution in [0.1, 0.15) is 42.9 Å². The van der Waals surface area contributed by atoms with E-state index in [4.69, 9.17) is 0 Å². The van der Waals surface area contributed by atoms with E-state index >= 15 is 0 Å². The first-order chi connectivity index (χ1) is 14.6. The Labute approximate surface area is 176 Å². The predicted molar refractivity (Wildman–Crippen MR) is 114 cm³/mol. The highest BCUT2D eigenvalue weighted by atomic mass is 16.3. The Balaban J connectivity index is 1.26. The van der Waals surface area contributed by atoms with Gasteiger partial charge in [0, 0.05) is 48.7 Å². The van der Waals surface area contributed by atoms with Gasteiger partial charge in [-0.15, -0.1) is 0 Å². The maximum absolute atomic E-state index is 12.2. The van der Waals surface area contributed by atoms with Gasteiger partial charge in [0.2, 0.25) is 11.8 Å². The standard InChI is InChI=1S/C23H28N4O3/c28-21(15-27-12-2-4-22(27)29)26-18-7-5-16(6-8-18)13-19-9-10-20(25-19)23(30)17-3-1-11-24-14-17/h1,3,5-8,11,14,19-20,23,25,30H,2,4,9-10,12-13,15H2,(H,26,28)/t19-,20+,23?/m0/s1. The molecule has 3 atom stereocenters. The number of rotatable bonds is 7. The van der Waals surface area contributed by atoms with Crippen LogP contribution in [-0.2, 0) is 16.0 Å². The van der Waals surface area contributed by atoms with E-state index in [1.807, 2.05) is 36.4 Å². The monoisotopic (exact) mass is 408 g/mol. The molecule has 1 aromatic carbocycles. The number of amides is 2. The number of aliphatic hydroxyl groups is 1. The van der Waals surface area contributed by atoms with Crippen molar-refractivity contribution < 1.29 is 14.7 Å². The van der Waals surface area contributed by atoms with Crippen LogP contribution in [0.5, 0.6) is 0 Å². The fourth-order valence-corrected chi connectivity index (χ4v) is 4.30. The molecule has 2 aliphatic heterocycles. The van der Waals surface area contributed by atoms with Crippen LogP contribution in [0.15, 0.2) is 48.8 Å². The van der Waals surface area contributed by atoms with E-state index in [-0.39, 0.29) is 24.4 Å². The average molecular weight is 409 g/mol. The number of hydrogen-bond donors (Lipinski definition) is 3. The topological polar surface area (TPSA) is 94.6 Å². The lowest BCUT2D eigenvalue weighted by atomic mass is 10.0. The van der Waals surface area contributed by atoms with Crippen LogP contribution >= 0.6 is 0 Å². The van der Waals surface area contributed by atoms with E-state index in [2.05, 4.69) is 15.6 Å². The number of pyridine rings is 1. The van der Waals surface area contributed by atoms with Crippen LogP contribution in [0.4, 0.5) is 5.69 Å². The maximum Gasteiger partial charge on any atom is 0.243 e. The first kappa shape index (κ1) is 20.5. The molecule has 2 fully saturated rings. The van der Waals surface area contributed by atoms with E-state index in [0.717, 1.165) is 36.9 Å².